The molecule has 0 bridgehead atoms. The van der Waals surface area contributed by atoms with Gasteiger partial charge < -0.3 is 5.11 Å². The molecule has 1 aliphatic heterocycles. The van der Waals surface area contributed by atoms with Crippen LogP contribution in [-0.2, 0) is 13.1 Å². The van der Waals surface area contributed by atoms with Crippen LogP contribution in [0.2, 0.25) is 5.02 Å². The van der Waals surface area contributed by atoms with Gasteiger partial charge in [0.05, 0.1) is 11.8 Å². The first-order valence-corrected chi connectivity index (χ1v) is 13.1. The monoisotopic (exact) mass is 537 g/mol. The maximum Gasteiger partial charge on any atom is 0.271 e. The number of carbonyl (C=O) groups is 1. The number of nitrogens with one attached hydrogen (secondary N) is 1. The first kappa shape index (κ1) is 26.4. The predicted octanol–water partition coefficient (Wildman–Crippen LogP) is 5.15. The lowest BCUT2D eigenvalue weighted by molar-refractivity contribution is 0.0955. The van der Waals surface area contributed by atoms with E-state index in [0.29, 0.717) is 0 Å². The minimum Gasteiger partial charge on any atom is -0.507 e. The van der Waals surface area contributed by atoms with Crippen molar-refractivity contribution in [3.8, 4) is 11.8 Å². The third-order valence-electron chi connectivity index (χ3n) is 6.97. The van der Waals surface area contributed by atoms with Crippen molar-refractivity contribution in [1.82, 2.24) is 15.2 Å². The SMILES string of the molecule is N#Cc1cc(C(=O)N/N=C/c2cccc3c(CN4CCN(Cc5ccc(Cl)cc5)CC4)cccc23)ccc1O. The summed E-state index contributed by atoms with van der Waals surface area (Å²) in [5.74, 6) is -0.622. The van der Waals surface area contributed by atoms with E-state index in [2.05, 4.69) is 56.7 Å². The summed E-state index contributed by atoms with van der Waals surface area (Å²) in [4.78, 5) is 17.4. The van der Waals surface area contributed by atoms with Crippen molar-refractivity contribution in [3.05, 3.63) is 112 Å². The van der Waals surface area contributed by atoms with Gasteiger partial charge in [-0.15, -0.1) is 0 Å². The highest BCUT2D eigenvalue weighted by Crippen LogP contribution is 2.24. The Morgan fingerprint density at radius 2 is 1.64 bits per heavy atom. The van der Waals surface area contributed by atoms with E-state index in [-0.39, 0.29) is 16.9 Å². The van der Waals surface area contributed by atoms with Crippen LogP contribution in [0.15, 0.2) is 84.0 Å². The molecule has 0 unspecified atom stereocenters. The lowest BCUT2D eigenvalue weighted by atomic mass is 10.00. The molecule has 1 amide bonds. The number of nitriles is 1. The van der Waals surface area contributed by atoms with Crippen LogP contribution in [0.5, 0.6) is 5.75 Å². The Labute approximate surface area is 232 Å². The molecule has 0 aromatic heterocycles. The Bertz CT molecular complexity index is 1550. The second-order valence-electron chi connectivity index (χ2n) is 9.58. The van der Waals surface area contributed by atoms with Crippen molar-refractivity contribution >= 4 is 34.5 Å². The molecular formula is C31H28ClN5O2. The van der Waals surface area contributed by atoms with Crippen LogP contribution in [0.3, 0.4) is 0 Å². The predicted molar refractivity (Wildman–Crippen MR) is 154 cm³/mol. The third-order valence-corrected chi connectivity index (χ3v) is 7.23. The van der Waals surface area contributed by atoms with Crippen molar-refractivity contribution in [1.29, 1.82) is 5.26 Å². The largest absolute Gasteiger partial charge is 0.507 e. The lowest BCUT2D eigenvalue weighted by Crippen LogP contribution is -2.45. The Hall–Kier alpha value is -4.22. The smallest absolute Gasteiger partial charge is 0.271 e. The van der Waals surface area contributed by atoms with Crippen LogP contribution in [0.1, 0.15) is 32.6 Å². The molecule has 5 rings (SSSR count). The molecule has 0 radical (unpaired) electrons. The molecule has 1 saturated heterocycles. The number of hydrazone groups is 1. The minimum absolute atomic E-state index is 0.0381. The Morgan fingerprint density at radius 1 is 0.949 bits per heavy atom. The topological polar surface area (TPSA) is 92.0 Å². The Kier molecular flexibility index (Phi) is 8.18. The third kappa shape index (κ3) is 6.44. The zero-order valence-corrected chi connectivity index (χ0v) is 22.1. The minimum atomic E-state index is -0.459. The summed E-state index contributed by atoms with van der Waals surface area (Å²) in [5.41, 5.74) is 6.22. The molecule has 2 N–H and O–H groups in total. The van der Waals surface area contributed by atoms with Crippen molar-refractivity contribution in [2.75, 3.05) is 26.2 Å². The van der Waals surface area contributed by atoms with E-state index in [1.54, 1.807) is 6.21 Å². The summed E-state index contributed by atoms with van der Waals surface area (Å²) in [7, 11) is 0. The average molecular weight is 538 g/mol. The Balaban J connectivity index is 1.22. The van der Waals surface area contributed by atoms with E-state index in [1.807, 2.05) is 30.3 Å². The highest BCUT2D eigenvalue weighted by Gasteiger charge is 2.18. The zero-order valence-electron chi connectivity index (χ0n) is 21.3. The highest BCUT2D eigenvalue weighted by atomic mass is 35.5. The maximum absolute atomic E-state index is 12.5. The molecule has 0 spiro atoms. The molecule has 0 aliphatic carbocycles. The molecule has 1 heterocycles. The van der Waals surface area contributed by atoms with E-state index in [4.69, 9.17) is 16.9 Å². The lowest BCUT2D eigenvalue weighted by Gasteiger charge is -2.35. The van der Waals surface area contributed by atoms with E-state index in [1.165, 1.54) is 29.3 Å². The highest BCUT2D eigenvalue weighted by molar-refractivity contribution is 6.30. The van der Waals surface area contributed by atoms with Gasteiger partial charge in [-0.3, -0.25) is 14.6 Å². The van der Waals surface area contributed by atoms with Gasteiger partial charge in [0.25, 0.3) is 5.91 Å². The molecule has 0 atom stereocenters. The van der Waals surface area contributed by atoms with E-state index in [0.717, 1.165) is 60.6 Å². The van der Waals surface area contributed by atoms with E-state index < -0.39 is 5.91 Å². The van der Waals surface area contributed by atoms with Gasteiger partial charge in [-0.05, 0) is 52.2 Å². The number of benzene rings is 4. The number of carbonyl (C=O) groups excluding carboxylic acids is 1. The van der Waals surface area contributed by atoms with Gasteiger partial charge in [0.1, 0.15) is 11.8 Å². The number of phenols is 1. The van der Waals surface area contributed by atoms with Crippen LogP contribution in [0.4, 0.5) is 0 Å². The van der Waals surface area contributed by atoms with Gasteiger partial charge in [-0.1, -0.05) is 60.1 Å². The number of phenolic OH excluding ortho intramolecular Hbond substituents is 1. The number of hydrogen-bond acceptors (Lipinski definition) is 6. The first-order chi connectivity index (χ1) is 19.0. The van der Waals surface area contributed by atoms with Crippen LogP contribution in [-0.4, -0.2) is 53.2 Å². The molecule has 196 valence electrons. The molecule has 4 aromatic carbocycles. The molecule has 1 fully saturated rings. The molecule has 39 heavy (non-hydrogen) atoms. The van der Waals surface area contributed by atoms with Crippen LogP contribution >= 0.6 is 11.6 Å². The summed E-state index contributed by atoms with van der Waals surface area (Å²) in [6, 6.07) is 26.4. The second kappa shape index (κ2) is 12.1. The van der Waals surface area contributed by atoms with Crippen molar-refractivity contribution in [3.63, 3.8) is 0 Å². The van der Waals surface area contributed by atoms with Gasteiger partial charge >= 0.3 is 0 Å². The standard InChI is InChI=1S/C31H28ClN5O2/c32-27-10-7-22(8-11-27)20-36-13-15-37(16-14-36)21-25-4-2-5-28-24(3-1-6-29(25)28)19-34-35-31(39)23-9-12-30(38)26(17-23)18-33/h1-12,17,19,38H,13-16,20-21H2,(H,35,39)/b34-19+. The van der Waals surface area contributed by atoms with E-state index >= 15 is 0 Å². The van der Waals surface area contributed by atoms with Gasteiger partial charge in [-0.25, -0.2) is 5.43 Å². The number of nitrogens with zero attached hydrogens (tertiary/aromatic N) is 4. The van der Waals surface area contributed by atoms with Crippen LogP contribution < -0.4 is 5.43 Å². The number of fused-ring (bicyclic) bond motifs is 1. The van der Waals surface area contributed by atoms with Crippen LogP contribution in [0, 0.1) is 11.3 Å². The average Bonchev–Trinajstić information content (AvgIpc) is 2.96. The molecule has 8 heteroatoms. The summed E-state index contributed by atoms with van der Waals surface area (Å²) in [5, 5.41) is 25.9. The Morgan fingerprint density at radius 3 is 2.38 bits per heavy atom. The summed E-state index contributed by atoms with van der Waals surface area (Å²) < 4.78 is 0. The van der Waals surface area contributed by atoms with Gasteiger partial charge in [0, 0.05) is 55.4 Å². The number of rotatable bonds is 7. The molecule has 7 nitrogen and oxygen atoms in total. The first-order valence-electron chi connectivity index (χ1n) is 12.8. The quantitative estimate of drug-likeness (QED) is 0.251. The maximum atomic E-state index is 12.5. The molecule has 0 saturated carbocycles. The van der Waals surface area contributed by atoms with Gasteiger partial charge in [0.15, 0.2) is 0 Å². The zero-order chi connectivity index (χ0) is 27.2. The molecule has 4 aromatic rings. The van der Waals surface area contributed by atoms with E-state index in [9.17, 15) is 9.90 Å². The van der Waals surface area contributed by atoms with Crippen LogP contribution in [0.25, 0.3) is 10.8 Å². The number of amides is 1. The normalized spacial score (nSPS) is 14.5. The summed E-state index contributed by atoms with van der Waals surface area (Å²) >= 11 is 6.02. The fourth-order valence-corrected chi connectivity index (χ4v) is 4.96. The summed E-state index contributed by atoms with van der Waals surface area (Å²) in [6.45, 7) is 5.84. The van der Waals surface area contributed by atoms with Gasteiger partial charge in [0.2, 0.25) is 0 Å². The number of halogens is 1. The fraction of sp³-hybridized carbons (Fsp3) is 0.194. The second-order valence-corrected chi connectivity index (χ2v) is 10.0. The molecular weight excluding hydrogens is 510 g/mol. The fourth-order valence-electron chi connectivity index (χ4n) is 4.84. The van der Waals surface area contributed by atoms with Gasteiger partial charge in [-0.2, -0.15) is 10.4 Å². The van der Waals surface area contributed by atoms with Crippen molar-refractivity contribution < 1.29 is 9.90 Å². The number of aromatic hydroxyl groups is 1. The van der Waals surface area contributed by atoms with Crippen molar-refractivity contribution in [2.24, 2.45) is 5.10 Å². The molecule has 1 aliphatic rings. The van der Waals surface area contributed by atoms with Crippen molar-refractivity contribution in [2.45, 2.75) is 13.1 Å². The summed E-state index contributed by atoms with van der Waals surface area (Å²) in [6.07, 6.45) is 1.63. The number of hydrogen-bond donors (Lipinski definition) is 2. The number of piperazine rings is 1.